The molecule has 3 heterocycles. The van der Waals surface area contributed by atoms with Crippen molar-refractivity contribution in [3.8, 4) is 11.4 Å². The SMILES string of the molecule is Cn1nc([C@@H]2CCCN2c2ccnc(-c3ccccc3)n2)nc1N. The van der Waals surface area contributed by atoms with Crippen molar-refractivity contribution < 1.29 is 0 Å². The van der Waals surface area contributed by atoms with Gasteiger partial charge in [0.2, 0.25) is 5.95 Å². The topological polar surface area (TPSA) is 85.8 Å². The summed E-state index contributed by atoms with van der Waals surface area (Å²) in [6, 6.07) is 12.0. The Labute approximate surface area is 140 Å². The van der Waals surface area contributed by atoms with Gasteiger partial charge in [-0.05, 0) is 18.9 Å². The molecule has 7 nitrogen and oxygen atoms in total. The molecule has 1 atom stereocenters. The predicted octanol–water partition coefficient (Wildman–Crippen LogP) is 2.20. The number of anilines is 2. The fourth-order valence-corrected chi connectivity index (χ4v) is 3.10. The van der Waals surface area contributed by atoms with Crippen LogP contribution in [-0.2, 0) is 7.05 Å². The third kappa shape index (κ3) is 2.58. The average molecular weight is 321 g/mol. The zero-order valence-electron chi connectivity index (χ0n) is 13.5. The minimum Gasteiger partial charge on any atom is -0.368 e. The highest BCUT2D eigenvalue weighted by Gasteiger charge is 2.30. The molecule has 1 fully saturated rings. The van der Waals surface area contributed by atoms with Gasteiger partial charge in [-0.2, -0.15) is 10.1 Å². The van der Waals surface area contributed by atoms with E-state index in [-0.39, 0.29) is 6.04 Å². The van der Waals surface area contributed by atoms with Gasteiger partial charge in [-0.25, -0.2) is 14.6 Å². The highest BCUT2D eigenvalue weighted by Crippen LogP contribution is 2.34. The molecule has 3 aromatic rings. The van der Waals surface area contributed by atoms with Gasteiger partial charge in [0.15, 0.2) is 11.6 Å². The number of aryl methyl sites for hydroxylation is 1. The van der Waals surface area contributed by atoms with Gasteiger partial charge in [-0.1, -0.05) is 30.3 Å². The first-order valence-electron chi connectivity index (χ1n) is 8.04. The first kappa shape index (κ1) is 14.6. The average Bonchev–Trinajstić information content (AvgIpc) is 3.23. The van der Waals surface area contributed by atoms with E-state index in [4.69, 9.17) is 10.7 Å². The van der Waals surface area contributed by atoms with Crippen LogP contribution in [0.1, 0.15) is 24.7 Å². The molecule has 4 rings (SSSR count). The molecule has 0 amide bonds. The second-order valence-corrected chi connectivity index (χ2v) is 5.91. The Bertz CT molecular complexity index is 824. The van der Waals surface area contributed by atoms with E-state index in [0.29, 0.717) is 5.95 Å². The van der Waals surface area contributed by atoms with Gasteiger partial charge in [0.25, 0.3) is 0 Å². The lowest BCUT2D eigenvalue weighted by atomic mass is 10.2. The van der Waals surface area contributed by atoms with Crippen molar-refractivity contribution in [3.05, 3.63) is 48.4 Å². The van der Waals surface area contributed by atoms with Gasteiger partial charge < -0.3 is 10.6 Å². The summed E-state index contributed by atoms with van der Waals surface area (Å²) < 4.78 is 1.61. The van der Waals surface area contributed by atoms with E-state index in [0.717, 1.165) is 42.4 Å². The van der Waals surface area contributed by atoms with E-state index in [1.54, 1.807) is 10.9 Å². The van der Waals surface area contributed by atoms with Gasteiger partial charge in [-0.15, -0.1) is 0 Å². The normalized spacial score (nSPS) is 17.4. The Morgan fingerprint density at radius 3 is 2.71 bits per heavy atom. The van der Waals surface area contributed by atoms with Gasteiger partial charge in [0.05, 0.1) is 6.04 Å². The van der Waals surface area contributed by atoms with Crippen LogP contribution in [0.25, 0.3) is 11.4 Å². The van der Waals surface area contributed by atoms with Crippen LogP contribution in [0.3, 0.4) is 0 Å². The van der Waals surface area contributed by atoms with Crippen LogP contribution in [0, 0.1) is 0 Å². The monoisotopic (exact) mass is 321 g/mol. The highest BCUT2D eigenvalue weighted by molar-refractivity contribution is 5.57. The summed E-state index contributed by atoms with van der Waals surface area (Å²) in [4.78, 5) is 15.8. The largest absolute Gasteiger partial charge is 0.368 e. The number of hydrogen-bond donors (Lipinski definition) is 1. The first-order chi connectivity index (χ1) is 11.7. The minimum absolute atomic E-state index is 0.104. The fraction of sp³-hybridized carbons (Fsp3) is 0.294. The maximum absolute atomic E-state index is 5.84. The molecule has 2 aromatic heterocycles. The van der Waals surface area contributed by atoms with Crippen LogP contribution in [-0.4, -0.2) is 31.3 Å². The zero-order chi connectivity index (χ0) is 16.5. The molecule has 0 radical (unpaired) electrons. The lowest BCUT2D eigenvalue weighted by molar-refractivity contribution is 0.642. The van der Waals surface area contributed by atoms with Crippen LogP contribution in [0.4, 0.5) is 11.8 Å². The second kappa shape index (κ2) is 5.92. The Balaban J connectivity index is 1.67. The molecule has 0 unspecified atom stereocenters. The Morgan fingerprint density at radius 1 is 1.12 bits per heavy atom. The summed E-state index contributed by atoms with van der Waals surface area (Å²) in [5, 5.41) is 4.44. The van der Waals surface area contributed by atoms with Crippen LogP contribution in [0.2, 0.25) is 0 Å². The molecule has 0 bridgehead atoms. The second-order valence-electron chi connectivity index (χ2n) is 5.91. The molecule has 122 valence electrons. The minimum atomic E-state index is 0.104. The maximum Gasteiger partial charge on any atom is 0.218 e. The van der Waals surface area contributed by atoms with E-state index in [9.17, 15) is 0 Å². The van der Waals surface area contributed by atoms with Gasteiger partial charge >= 0.3 is 0 Å². The van der Waals surface area contributed by atoms with E-state index >= 15 is 0 Å². The molecule has 1 aromatic carbocycles. The number of benzene rings is 1. The van der Waals surface area contributed by atoms with Crippen LogP contribution >= 0.6 is 0 Å². The third-order valence-corrected chi connectivity index (χ3v) is 4.33. The van der Waals surface area contributed by atoms with Crippen molar-refractivity contribution >= 4 is 11.8 Å². The van der Waals surface area contributed by atoms with Crippen LogP contribution in [0.15, 0.2) is 42.6 Å². The van der Waals surface area contributed by atoms with Gasteiger partial charge in [-0.3, -0.25) is 0 Å². The number of aromatic nitrogens is 5. The summed E-state index contributed by atoms with van der Waals surface area (Å²) in [7, 11) is 1.81. The smallest absolute Gasteiger partial charge is 0.218 e. The molecule has 2 N–H and O–H groups in total. The van der Waals surface area contributed by atoms with E-state index < -0.39 is 0 Å². The highest BCUT2D eigenvalue weighted by atomic mass is 15.4. The number of nitrogens with two attached hydrogens (primary N) is 1. The number of hydrogen-bond acceptors (Lipinski definition) is 6. The first-order valence-corrected chi connectivity index (χ1v) is 8.04. The third-order valence-electron chi connectivity index (χ3n) is 4.33. The van der Waals surface area contributed by atoms with Crippen molar-refractivity contribution in [1.29, 1.82) is 0 Å². The molecular formula is C17H19N7. The van der Waals surface area contributed by atoms with Crippen molar-refractivity contribution in [2.75, 3.05) is 17.2 Å². The Morgan fingerprint density at radius 2 is 1.96 bits per heavy atom. The molecule has 1 aliphatic rings. The van der Waals surface area contributed by atoms with Gasteiger partial charge in [0, 0.05) is 25.4 Å². The Hall–Kier alpha value is -2.96. The molecule has 7 heteroatoms. The molecule has 1 aliphatic heterocycles. The summed E-state index contributed by atoms with van der Waals surface area (Å²) in [5.74, 6) is 2.82. The summed E-state index contributed by atoms with van der Waals surface area (Å²) in [6.07, 6.45) is 3.88. The van der Waals surface area contributed by atoms with Gasteiger partial charge in [0.1, 0.15) is 5.82 Å². The Kier molecular flexibility index (Phi) is 3.60. The van der Waals surface area contributed by atoms with Crippen molar-refractivity contribution in [2.24, 2.45) is 7.05 Å². The fourth-order valence-electron chi connectivity index (χ4n) is 3.10. The maximum atomic E-state index is 5.84. The zero-order valence-corrected chi connectivity index (χ0v) is 13.5. The molecule has 0 aliphatic carbocycles. The quantitative estimate of drug-likeness (QED) is 0.796. The lowest BCUT2D eigenvalue weighted by Crippen LogP contribution is -2.24. The standard InChI is InChI=1S/C17H19N7/c1-23-17(18)21-16(22-23)13-8-5-11-24(13)14-9-10-19-15(20-14)12-6-3-2-4-7-12/h2-4,6-7,9-10,13H,5,8,11H2,1H3,(H2,18,21,22)/t13-/m0/s1. The van der Waals surface area contributed by atoms with E-state index in [1.165, 1.54) is 0 Å². The van der Waals surface area contributed by atoms with Crippen molar-refractivity contribution in [2.45, 2.75) is 18.9 Å². The molecule has 0 spiro atoms. The summed E-state index contributed by atoms with van der Waals surface area (Å²) in [5.41, 5.74) is 6.85. The molecule has 0 saturated carbocycles. The number of nitrogen functional groups attached to an aromatic ring is 1. The van der Waals surface area contributed by atoms with E-state index in [1.807, 2.05) is 43.4 Å². The summed E-state index contributed by atoms with van der Waals surface area (Å²) in [6.45, 7) is 0.925. The lowest BCUT2D eigenvalue weighted by Gasteiger charge is -2.23. The number of nitrogens with zero attached hydrogens (tertiary/aromatic N) is 6. The van der Waals surface area contributed by atoms with Crippen LogP contribution in [0.5, 0.6) is 0 Å². The van der Waals surface area contributed by atoms with Crippen molar-refractivity contribution in [1.82, 2.24) is 24.7 Å². The van der Waals surface area contributed by atoms with E-state index in [2.05, 4.69) is 20.0 Å². The molecule has 1 saturated heterocycles. The number of rotatable bonds is 3. The molecular weight excluding hydrogens is 302 g/mol. The molecule has 24 heavy (non-hydrogen) atoms. The van der Waals surface area contributed by atoms with Crippen molar-refractivity contribution in [3.63, 3.8) is 0 Å². The predicted molar refractivity (Wildman–Crippen MR) is 92.2 cm³/mol. The summed E-state index contributed by atoms with van der Waals surface area (Å²) >= 11 is 0. The van der Waals surface area contributed by atoms with Crippen LogP contribution < -0.4 is 10.6 Å².